The van der Waals surface area contributed by atoms with Crippen LogP contribution in [0.15, 0.2) is 24.3 Å². The molecule has 0 saturated heterocycles. The van der Waals surface area contributed by atoms with Gasteiger partial charge in [0.15, 0.2) is 0 Å². The summed E-state index contributed by atoms with van der Waals surface area (Å²) >= 11 is 0. The summed E-state index contributed by atoms with van der Waals surface area (Å²) in [5.41, 5.74) is 1.97. The highest BCUT2D eigenvalue weighted by Crippen LogP contribution is 2.24. The molecule has 0 spiro atoms. The molecule has 0 fully saturated rings. The van der Waals surface area contributed by atoms with E-state index in [2.05, 4.69) is 47.6 Å². The lowest BCUT2D eigenvalue weighted by molar-refractivity contribution is 0.402. The van der Waals surface area contributed by atoms with Crippen molar-refractivity contribution in [1.82, 2.24) is 0 Å². The summed E-state index contributed by atoms with van der Waals surface area (Å²) < 4.78 is 14.0. The van der Waals surface area contributed by atoms with Crippen LogP contribution in [0, 0.1) is 16.6 Å². The Kier molecular flexibility index (Phi) is 4.37. The van der Waals surface area contributed by atoms with Crippen LogP contribution in [0.25, 0.3) is 6.08 Å². The molecule has 1 heteroatoms. The topological polar surface area (TPSA) is 0 Å². The van der Waals surface area contributed by atoms with E-state index >= 15 is 0 Å². The molecule has 100 valence electrons. The molecule has 0 aromatic heterocycles. The van der Waals surface area contributed by atoms with Crippen molar-refractivity contribution in [1.29, 1.82) is 0 Å². The second-order valence-electron chi connectivity index (χ2n) is 7.29. The van der Waals surface area contributed by atoms with Crippen LogP contribution in [0.5, 0.6) is 0 Å². The van der Waals surface area contributed by atoms with Gasteiger partial charge in [0, 0.05) is 0 Å². The SMILES string of the molecule is CC(C)(C)/C=C/c1ccc(CC(C)(C)C)c(F)c1. The van der Waals surface area contributed by atoms with Gasteiger partial charge in [0.2, 0.25) is 0 Å². The van der Waals surface area contributed by atoms with E-state index in [1.165, 1.54) is 0 Å². The zero-order valence-electron chi connectivity index (χ0n) is 12.5. The third-order valence-corrected chi connectivity index (χ3v) is 2.57. The van der Waals surface area contributed by atoms with Crippen molar-refractivity contribution in [2.75, 3.05) is 0 Å². The van der Waals surface area contributed by atoms with Gasteiger partial charge in [0.05, 0.1) is 0 Å². The van der Waals surface area contributed by atoms with Crippen LogP contribution in [0.2, 0.25) is 0 Å². The summed E-state index contributed by atoms with van der Waals surface area (Å²) in [4.78, 5) is 0. The second-order valence-corrected chi connectivity index (χ2v) is 7.29. The van der Waals surface area contributed by atoms with Crippen LogP contribution in [-0.4, -0.2) is 0 Å². The number of hydrogen-bond acceptors (Lipinski definition) is 0. The molecule has 0 amide bonds. The van der Waals surface area contributed by atoms with Gasteiger partial charge in [-0.15, -0.1) is 0 Å². The lowest BCUT2D eigenvalue weighted by atomic mass is 9.87. The molecule has 0 nitrogen and oxygen atoms in total. The van der Waals surface area contributed by atoms with Gasteiger partial charge in [-0.2, -0.15) is 0 Å². The van der Waals surface area contributed by atoms with Gasteiger partial charge in [-0.25, -0.2) is 4.39 Å². The van der Waals surface area contributed by atoms with Gasteiger partial charge >= 0.3 is 0 Å². The maximum Gasteiger partial charge on any atom is 0.127 e. The fourth-order valence-corrected chi connectivity index (χ4v) is 1.73. The van der Waals surface area contributed by atoms with E-state index in [-0.39, 0.29) is 16.6 Å². The van der Waals surface area contributed by atoms with E-state index in [4.69, 9.17) is 0 Å². The van der Waals surface area contributed by atoms with Crippen LogP contribution >= 0.6 is 0 Å². The first kappa shape index (κ1) is 14.9. The van der Waals surface area contributed by atoms with E-state index in [9.17, 15) is 4.39 Å². The monoisotopic (exact) mass is 248 g/mol. The minimum absolute atomic E-state index is 0.0963. The van der Waals surface area contributed by atoms with Crippen molar-refractivity contribution in [3.05, 3.63) is 41.2 Å². The van der Waals surface area contributed by atoms with E-state index in [0.717, 1.165) is 17.5 Å². The zero-order chi connectivity index (χ0) is 14.0. The van der Waals surface area contributed by atoms with Crippen molar-refractivity contribution in [2.24, 2.45) is 10.8 Å². The van der Waals surface area contributed by atoms with Crippen LogP contribution in [0.3, 0.4) is 0 Å². The van der Waals surface area contributed by atoms with Crippen molar-refractivity contribution in [2.45, 2.75) is 48.0 Å². The predicted octanol–water partition coefficient (Wildman–Crippen LogP) is 5.47. The lowest BCUT2D eigenvalue weighted by Gasteiger charge is -2.18. The van der Waals surface area contributed by atoms with E-state index < -0.39 is 0 Å². The molecule has 1 aromatic carbocycles. The van der Waals surface area contributed by atoms with Crippen LogP contribution < -0.4 is 0 Å². The maximum absolute atomic E-state index is 14.0. The van der Waals surface area contributed by atoms with Crippen molar-refractivity contribution >= 4 is 6.08 Å². The van der Waals surface area contributed by atoms with Crippen molar-refractivity contribution in [3.8, 4) is 0 Å². The first-order chi connectivity index (χ1) is 8.07. The quantitative estimate of drug-likeness (QED) is 0.650. The smallest absolute Gasteiger partial charge is 0.127 e. The number of hydrogen-bond donors (Lipinski definition) is 0. The van der Waals surface area contributed by atoms with Gasteiger partial charge in [0.25, 0.3) is 0 Å². The van der Waals surface area contributed by atoms with Crippen LogP contribution in [0.4, 0.5) is 4.39 Å². The summed E-state index contributed by atoms with van der Waals surface area (Å²) in [6, 6.07) is 5.53. The highest BCUT2D eigenvalue weighted by molar-refractivity contribution is 5.50. The Bertz CT molecular complexity index is 428. The summed E-state index contributed by atoms with van der Waals surface area (Å²) in [6.07, 6.45) is 4.86. The normalized spacial score (nSPS) is 13.3. The summed E-state index contributed by atoms with van der Waals surface area (Å²) in [5, 5.41) is 0. The van der Waals surface area contributed by atoms with Crippen molar-refractivity contribution < 1.29 is 4.39 Å². The molecule has 0 radical (unpaired) electrons. The number of halogens is 1. The van der Waals surface area contributed by atoms with E-state index in [1.54, 1.807) is 6.07 Å². The molecular weight excluding hydrogens is 223 g/mol. The predicted molar refractivity (Wildman–Crippen MR) is 78.0 cm³/mol. The second kappa shape index (κ2) is 5.26. The molecule has 0 aliphatic heterocycles. The first-order valence-electron chi connectivity index (χ1n) is 6.54. The summed E-state index contributed by atoms with van der Waals surface area (Å²) in [7, 11) is 0. The van der Waals surface area contributed by atoms with Gasteiger partial charge in [-0.1, -0.05) is 65.8 Å². The Hall–Kier alpha value is -1.11. The van der Waals surface area contributed by atoms with Gasteiger partial charge in [-0.3, -0.25) is 0 Å². The third kappa shape index (κ3) is 5.48. The average Bonchev–Trinajstić information content (AvgIpc) is 2.15. The Balaban J connectivity index is 2.90. The standard InChI is InChI=1S/C17H25F/c1-16(2,3)10-9-13-7-8-14(15(18)11-13)12-17(4,5)6/h7-11H,12H2,1-6H3/b10-9+. The van der Waals surface area contributed by atoms with Gasteiger partial charge in [0.1, 0.15) is 5.82 Å². The van der Waals surface area contributed by atoms with E-state index in [1.807, 2.05) is 18.2 Å². The highest BCUT2D eigenvalue weighted by Gasteiger charge is 2.14. The summed E-state index contributed by atoms with van der Waals surface area (Å²) in [6.45, 7) is 12.8. The Morgan fingerprint density at radius 3 is 2.11 bits per heavy atom. The zero-order valence-corrected chi connectivity index (χ0v) is 12.5. The fraction of sp³-hybridized carbons (Fsp3) is 0.529. The molecule has 0 atom stereocenters. The molecular formula is C17H25F. The number of rotatable bonds is 2. The molecule has 1 aromatic rings. The Morgan fingerprint density at radius 2 is 1.67 bits per heavy atom. The van der Waals surface area contributed by atoms with Crippen molar-refractivity contribution in [3.63, 3.8) is 0 Å². The Labute approximate surface area is 111 Å². The highest BCUT2D eigenvalue weighted by atomic mass is 19.1. The van der Waals surface area contributed by atoms with Gasteiger partial charge < -0.3 is 0 Å². The van der Waals surface area contributed by atoms with Crippen LogP contribution in [-0.2, 0) is 6.42 Å². The molecule has 1 rings (SSSR count). The number of allylic oxidation sites excluding steroid dienone is 1. The summed E-state index contributed by atoms with van der Waals surface area (Å²) in [5.74, 6) is -0.0963. The third-order valence-electron chi connectivity index (χ3n) is 2.57. The molecule has 0 heterocycles. The first-order valence-corrected chi connectivity index (χ1v) is 6.54. The molecule has 0 aliphatic carbocycles. The minimum atomic E-state index is -0.0963. The molecule has 18 heavy (non-hydrogen) atoms. The molecule has 0 unspecified atom stereocenters. The minimum Gasteiger partial charge on any atom is -0.207 e. The maximum atomic E-state index is 14.0. The largest absolute Gasteiger partial charge is 0.207 e. The van der Waals surface area contributed by atoms with E-state index in [0.29, 0.717) is 0 Å². The fourth-order valence-electron chi connectivity index (χ4n) is 1.73. The molecule has 0 aliphatic rings. The number of benzene rings is 1. The molecule has 0 saturated carbocycles. The molecule has 0 N–H and O–H groups in total. The van der Waals surface area contributed by atoms with Crippen LogP contribution in [0.1, 0.15) is 52.7 Å². The molecule has 0 bridgehead atoms. The lowest BCUT2D eigenvalue weighted by Crippen LogP contribution is -2.10. The average molecular weight is 248 g/mol. The Morgan fingerprint density at radius 1 is 1.06 bits per heavy atom. The van der Waals surface area contributed by atoms with Gasteiger partial charge in [-0.05, 0) is 34.4 Å².